The van der Waals surface area contributed by atoms with E-state index < -0.39 is 5.91 Å². The first-order valence-corrected chi connectivity index (χ1v) is 9.29. The van der Waals surface area contributed by atoms with E-state index in [-0.39, 0.29) is 17.4 Å². The van der Waals surface area contributed by atoms with Crippen molar-refractivity contribution < 1.29 is 18.7 Å². The van der Waals surface area contributed by atoms with Gasteiger partial charge in [-0.25, -0.2) is 0 Å². The zero-order chi connectivity index (χ0) is 20.4. The number of hydrogen-bond donors (Lipinski definition) is 3. The number of amides is 2. The summed E-state index contributed by atoms with van der Waals surface area (Å²) in [5.74, 6) is 0.255. The number of thiocarbonyl (C=S) groups is 1. The number of hydrazine groups is 1. The van der Waals surface area contributed by atoms with Crippen molar-refractivity contribution in [2.24, 2.45) is 0 Å². The second-order valence-corrected chi connectivity index (χ2v) is 6.62. The minimum Gasteiger partial charge on any atom is -0.492 e. The van der Waals surface area contributed by atoms with Crippen molar-refractivity contribution in [3.8, 4) is 5.75 Å². The molecule has 1 aromatic carbocycles. The second kappa shape index (κ2) is 11.3. The van der Waals surface area contributed by atoms with E-state index in [2.05, 4.69) is 16.2 Å². The lowest BCUT2D eigenvalue weighted by Gasteiger charge is -2.10. The summed E-state index contributed by atoms with van der Waals surface area (Å²) in [6.07, 6.45) is 4.89. The molecule has 0 aliphatic heterocycles. The Kier molecular flexibility index (Phi) is 8.80. The van der Waals surface area contributed by atoms with Crippen molar-refractivity contribution in [2.75, 3.05) is 6.61 Å². The van der Waals surface area contributed by atoms with E-state index in [1.807, 2.05) is 0 Å². The maximum Gasteiger partial charge on any atom is 0.250 e. The predicted molar refractivity (Wildman–Crippen MR) is 111 cm³/mol. The highest BCUT2D eigenvalue weighted by Crippen LogP contribution is 2.27. The molecule has 2 amide bonds. The maximum absolute atomic E-state index is 11.8. The summed E-state index contributed by atoms with van der Waals surface area (Å²) in [6.45, 7) is 0.299. The third-order valence-corrected chi connectivity index (χ3v) is 3.93. The normalized spacial score (nSPS) is 10.5. The third-order valence-electron chi connectivity index (χ3n) is 3.19. The molecule has 0 fully saturated rings. The molecule has 0 spiro atoms. The maximum atomic E-state index is 11.8. The van der Waals surface area contributed by atoms with Crippen LogP contribution in [0.5, 0.6) is 5.75 Å². The predicted octanol–water partition coefficient (Wildman–Crippen LogP) is 3.48. The molecule has 0 aliphatic carbocycles. The molecule has 0 bridgehead atoms. The average Bonchev–Trinajstić information content (AvgIpc) is 3.17. The van der Waals surface area contributed by atoms with Gasteiger partial charge in [0.2, 0.25) is 11.8 Å². The van der Waals surface area contributed by atoms with Gasteiger partial charge in [-0.3, -0.25) is 25.8 Å². The third kappa shape index (κ3) is 7.99. The average molecular weight is 442 g/mol. The van der Waals surface area contributed by atoms with Crippen molar-refractivity contribution in [1.82, 2.24) is 16.2 Å². The SMILES string of the molecule is O=C(/C=C/c1ccco1)NC(=S)NNC(=O)CCCOc1ccc(Cl)cc1Cl. The first kappa shape index (κ1) is 21.7. The molecule has 148 valence electrons. The van der Waals surface area contributed by atoms with Crippen LogP contribution in [0.15, 0.2) is 47.1 Å². The van der Waals surface area contributed by atoms with Gasteiger partial charge in [0.1, 0.15) is 11.5 Å². The van der Waals surface area contributed by atoms with Crippen LogP contribution in [0.4, 0.5) is 0 Å². The highest BCUT2D eigenvalue weighted by molar-refractivity contribution is 7.80. The van der Waals surface area contributed by atoms with E-state index in [1.54, 1.807) is 30.3 Å². The highest BCUT2D eigenvalue weighted by Gasteiger charge is 2.06. The minimum atomic E-state index is -0.462. The Morgan fingerprint density at radius 2 is 2.04 bits per heavy atom. The van der Waals surface area contributed by atoms with Crippen LogP contribution in [0.25, 0.3) is 6.08 Å². The molecule has 7 nitrogen and oxygen atoms in total. The number of hydrogen-bond acceptors (Lipinski definition) is 5. The summed E-state index contributed by atoms with van der Waals surface area (Å²) in [4.78, 5) is 23.4. The Hall–Kier alpha value is -2.55. The molecule has 3 N–H and O–H groups in total. The number of ether oxygens (including phenoxy) is 1. The van der Waals surface area contributed by atoms with Crippen LogP contribution < -0.4 is 20.9 Å². The lowest BCUT2D eigenvalue weighted by Crippen LogP contribution is -2.48. The molecule has 0 saturated heterocycles. The van der Waals surface area contributed by atoms with Gasteiger partial charge in [-0.2, -0.15) is 0 Å². The number of furan rings is 1. The van der Waals surface area contributed by atoms with Crippen LogP contribution in [0.2, 0.25) is 10.0 Å². The van der Waals surface area contributed by atoms with Crippen LogP contribution in [-0.4, -0.2) is 23.5 Å². The Balaban J connectivity index is 1.59. The molecule has 2 rings (SSSR count). The summed E-state index contributed by atoms with van der Waals surface area (Å²) >= 11 is 16.7. The standard InChI is InChI=1S/C18H17Cl2N3O4S/c19-12-5-7-15(14(20)11-12)27-10-2-4-17(25)22-23-18(28)21-16(24)8-6-13-3-1-9-26-13/h1,3,5-9,11H,2,4,10H2,(H,22,25)(H2,21,23,24,28)/b8-6+. The fraction of sp³-hybridized carbons (Fsp3) is 0.167. The zero-order valence-corrected chi connectivity index (χ0v) is 16.9. The lowest BCUT2D eigenvalue weighted by molar-refractivity contribution is -0.122. The molecule has 2 aromatic rings. The number of halogens is 2. The second-order valence-electron chi connectivity index (χ2n) is 5.37. The molecule has 1 heterocycles. The summed E-state index contributed by atoms with van der Waals surface area (Å²) in [7, 11) is 0. The van der Waals surface area contributed by atoms with Gasteiger partial charge in [0.05, 0.1) is 17.9 Å². The number of nitrogens with one attached hydrogen (secondary N) is 3. The summed E-state index contributed by atoms with van der Waals surface area (Å²) in [6, 6.07) is 8.31. The fourth-order valence-corrected chi connectivity index (χ4v) is 2.54. The Labute approximate surface area is 177 Å². The first-order chi connectivity index (χ1) is 13.4. The van der Waals surface area contributed by atoms with E-state index in [4.69, 9.17) is 44.6 Å². The molecule has 1 aromatic heterocycles. The summed E-state index contributed by atoms with van der Waals surface area (Å²) < 4.78 is 10.5. The van der Waals surface area contributed by atoms with Gasteiger partial charge >= 0.3 is 0 Å². The van der Waals surface area contributed by atoms with Gasteiger partial charge in [-0.1, -0.05) is 23.2 Å². The molecule has 0 unspecified atom stereocenters. The minimum absolute atomic E-state index is 0.0355. The molecular weight excluding hydrogens is 425 g/mol. The van der Waals surface area contributed by atoms with E-state index in [1.165, 1.54) is 18.4 Å². The lowest BCUT2D eigenvalue weighted by atomic mass is 10.3. The van der Waals surface area contributed by atoms with Gasteiger partial charge in [-0.05, 0) is 55.0 Å². The highest BCUT2D eigenvalue weighted by atomic mass is 35.5. The van der Waals surface area contributed by atoms with Crippen molar-refractivity contribution >= 4 is 58.4 Å². The number of carbonyl (C=O) groups is 2. The molecule has 0 radical (unpaired) electrons. The van der Waals surface area contributed by atoms with Gasteiger partial charge in [0, 0.05) is 17.5 Å². The van der Waals surface area contributed by atoms with Crippen LogP contribution in [0, 0.1) is 0 Å². The van der Waals surface area contributed by atoms with E-state index in [9.17, 15) is 9.59 Å². The smallest absolute Gasteiger partial charge is 0.250 e. The number of benzene rings is 1. The molecule has 10 heteroatoms. The molecule has 0 saturated carbocycles. The van der Waals surface area contributed by atoms with Crippen molar-refractivity contribution in [3.05, 3.63) is 58.5 Å². The Morgan fingerprint density at radius 1 is 1.21 bits per heavy atom. The topological polar surface area (TPSA) is 92.6 Å². The number of rotatable bonds is 7. The zero-order valence-electron chi connectivity index (χ0n) is 14.5. The molecule has 0 atom stereocenters. The fourth-order valence-electron chi connectivity index (χ4n) is 1.92. The largest absolute Gasteiger partial charge is 0.492 e. The molecule has 0 aliphatic rings. The van der Waals surface area contributed by atoms with E-state index in [0.717, 1.165) is 0 Å². The molecule has 28 heavy (non-hydrogen) atoms. The van der Waals surface area contributed by atoms with Crippen LogP contribution in [0.1, 0.15) is 18.6 Å². The van der Waals surface area contributed by atoms with Crippen LogP contribution >= 0.6 is 35.4 Å². The van der Waals surface area contributed by atoms with Crippen LogP contribution in [-0.2, 0) is 9.59 Å². The quantitative estimate of drug-likeness (QED) is 0.263. The van der Waals surface area contributed by atoms with E-state index >= 15 is 0 Å². The van der Waals surface area contributed by atoms with Gasteiger partial charge in [-0.15, -0.1) is 0 Å². The van der Waals surface area contributed by atoms with Crippen molar-refractivity contribution in [2.45, 2.75) is 12.8 Å². The van der Waals surface area contributed by atoms with Crippen molar-refractivity contribution in [3.63, 3.8) is 0 Å². The Bertz CT molecular complexity index is 857. The van der Waals surface area contributed by atoms with Crippen molar-refractivity contribution in [1.29, 1.82) is 0 Å². The number of carbonyl (C=O) groups excluding carboxylic acids is 2. The summed E-state index contributed by atoms with van der Waals surface area (Å²) in [5, 5.41) is 3.27. The van der Waals surface area contributed by atoms with Gasteiger partial charge in [0.15, 0.2) is 5.11 Å². The van der Waals surface area contributed by atoms with Gasteiger partial charge < -0.3 is 9.15 Å². The van der Waals surface area contributed by atoms with E-state index in [0.29, 0.717) is 34.6 Å². The van der Waals surface area contributed by atoms with Gasteiger partial charge in [0.25, 0.3) is 0 Å². The Morgan fingerprint density at radius 3 is 2.75 bits per heavy atom. The monoisotopic (exact) mass is 441 g/mol. The van der Waals surface area contributed by atoms with Crippen LogP contribution in [0.3, 0.4) is 0 Å². The first-order valence-electron chi connectivity index (χ1n) is 8.13. The summed E-state index contributed by atoms with van der Waals surface area (Å²) in [5.41, 5.74) is 4.83. The molecular formula is C18H17Cl2N3O4S.